The van der Waals surface area contributed by atoms with Gasteiger partial charge in [-0.25, -0.2) is 9.97 Å². The van der Waals surface area contributed by atoms with Crippen molar-refractivity contribution in [2.24, 2.45) is 0 Å². The molecule has 0 unspecified atom stereocenters. The highest BCUT2D eigenvalue weighted by molar-refractivity contribution is 5.99. The van der Waals surface area contributed by atoms with E-state index in [1.165, 1.54) is 7.11 Å². The molecule has 0 saturated heterocycles. The fourth-order valence-electron chi connectivity index (χ4n) is 1.69. The Morgan fingerprint density at radius 1 is 1.16 bits per heavy atom. The number of hydrogen-bond acceptors (Lipinski definition) is 5. The third-order valence-electron chi connectivity index (χ3n) is 2.65. The summed E-state index contributed by atoms with van der Waals surface area (Å²) in [6.45, 7) is 0. The standard InChI is InChI=1S/C14H14N2O3/c1-18-10-4-5-11(13(8-10)19-2)12(17)9-14-15-6-3-7-16-14/h3-8H,9H2,1-2H3. The van der Waals surface area contributed by atoms with Crippen LogP contribution in [0.2, 0.25) is 0 Å². The lowest BCUT2D eigenvalue weighted by Gasteiger charge is -2.09. The third kappa shape index (κ3) is 3.07. The summed E-state index contributed by atoms with van der Waals surface area (Å²) in [6.07, 6.45) is 3.37. The van der Waals surface area contributed by atoms with Crippen LogP contribution in [0, 0.1) is 0 Å². The van der Waals surface area contributed by atoms with Crippen molar-refractivity contribution in [3.05, 3.63) is 48.0 Å². The minimum Gasteiger partial charge on any atom is -0.497 e. The number of hydrogen-bond donors (Lipinski definition) is 0. The number of ketones is 1. The summed E-state index contributed by atoms with van der Waals surface area (Å²) in [7, 11) is 3.08. The van der Waals surface area contributed by atoms with Crippen LogP contribution in [-0.2, 0) is 6.42 Å². The van der Waals surface area contributed by atoms with E-state index in [4.69, 9.17) is 9.47 Å². The predicted molar refractivity (Wildman–Crippen MR) is 69.6 cm³/mol. The van der Waals surface area contributed by atoms with Gasteiger partial charge in [-0.15, -0.1) is 0 Å². The number of carbonyl (C=O) groups is 1. The molecule has 5 nitrogen and oxygen atoms in total. The molecule has 0 aliphatic heterocycles. The van der Waals surface area contributed by atoms with Crippen molar-refractivity contribution < 1.29 is 14.3 Å². The van der Waals surface area contributed by atoms with Gasteiger partial charge in [0.15, 0.2) is 5.78 Å². The Labute approximate surface area is 111 Å². The van der Waals surface area contributed by atoms with Gasteiger partial charge in [-0.1, -0.05) is 0 Å². The summed E-state index contributed by atoms with van der Waals surface area (Å²) in [5, 5.41) is 0. The summed E-state index contributed by atoms with van der Waals surface area (Å²) in [5.74, 6) is 1.53. The minimum atomic E-state index is -0.0919. The van der Waals surface area contributed by atoms with Crippen LogP contribution in [0.25, 0.3) is 0 Å². The van der Waals surface area contributed by atoms with Gasteiger partial charge in [-0.2, -0.15) is 0 Å². The number of rotatable bonds is 5. The Kier molecular flexibility index (Phi) is 4.07. The third-order valence-corrected chi connectivity index (χ3v) is 2.65. The Morgan fingerprint density at radius 2 is 1.89 bits per heavy atom. The molecule has 0 aliphatic carbocycles. The molecule has 0 bridgehead atoms. The Hall–Kier alpha value is -2.43. The van der Waals surface area contributed by atoms with Gasteiger partial charge in [0.2, 0.25) is 0 Å². The molecule has 0 fully saturated rings. The predicted octanol–water partition coefficient (Wildman–Crippen LogP) is 1.92. The number of benzene rings is 1. The maximum atomic E-state index is 12.2. The number of methoxy groups -OCH3 is 2. The molecule has 19 heavy (non-hydrogen) atoms. The summed E-state index contributed by atoms with van der Waals surface area (Å²) in [6, 6.07) is 6.80. The van der Waals surface area contributed by atoms with Crippen LogP contribution < -0.4 is 9.47 Å². The van der Waals surface area contributed by atoms with Crippen LogP contribution >= 0.6 is 0 Å². The molecule has 0 spiro atoms. The monoisotopic (exact) mass is 258 g/mol. The second-order valence-corrected chi connectivity index (χ2v) is 3.83. The highest BCUT2D eigenvalue weighted by Crippen LogP contribution is 2.25. The normalized spacial score (nSPS) is 10.0. The summed E-state index contributed by atoms with van der Waals surface area (Å²) < 4.78 is 10.3. The highest BCUT2D eigenvalue weighted by Gasteiger charge is 2.14. The SMILES string of the molecule is COc1ccc(C(=O)Cc2ncccn2)c(OC)c1. The van der Waals surface area contributed by atoms with E-state index in [0.717, 1.165) is 0 Å². The lowest BCUT2D eigenvalue weighted by Crippen LogP contribution is -2.08. The quantitative estimate of drug-likeness (QED) is 0.767. The Balaban J connectivity index is 2.24. The number of nitrogens with zero attached hydrogens (tertiary/aromatic N) is 2. The van der Waals surface area contributed by atoms with Gasteiger partial charge < -0.3 is 9.47 Å². The van der Waals surface area contributed by atoms with Gasteiger partial charge in [0.1, 0.15) is 17.3 Å². The first-order valence-electron chi connectivity index (χ1n) is 5.75. The maximum absolute atomic E-state index is 12.2. The molecule has 2 aromatic rings. The molecule has 0 atom stereocenters. The van der Waals surface area contributed by atoms with Crippen molar-refractivity contribution in [3.8, 4) is 11.5 Å². The van der Waals surface area contributed by atoms with Crippen LogP contribution in [0.3, 0.4) is 0 Å². The molecule has 0 N–H and O–H groups in total. The Bertz CT molecular complexity index is 570. The van der Waals surface area contributed by atoms with E-state index < -0.39 is 0 Å². The second-order valence-electron chi connectivity index (χ2n) is 3.83. The van der Waals surface area contributed by atoms with Crippen molar-refractivity contribution in [2.45, 2.75) is 6.42 Å². The van der Waals surface area contributed by atoms with Crippen molar-refractivity contribution in [1.29, 1.82) is 0 Å². The van der Waals surface area contributed by atoms with Crippen molar-refractivity contribution in [1.82, 2.24) is 9.97 Å². The largest absolute Gasteiger partial charge is 0.497 e. The van der Waals surface area contributed by atoms with E-state index in [-0.39, 0.29) is 12.2 Å². The van der Waals surface area contributed by atoms with E-state index in [0.29, 0.717) is 22.9 Å². The average Bonchev–Trinajstić information content (AvgIpc) is 2.47. The van der Waals surface area contributed by atoms with Crippen LogP contribution in [0.4, 0.5) is 0 Å². The molecule has 2 rings (SSSR count). The zero-order valence-corrected chi connectivity index (χ0v) is 10.8. The van der Waals surface area contributed by atoms with Gasteiger partial charge in [0.05, 0.1) is 26.2 Å². The van der Waals surface area contributed by atoms with E-state index in [9.17, 15) is 4.79 Å². The molecule has 0 aliphatic rings. The Morgan fingerprint density at radius 3 is 2.53 bits per heavy atom. The maximum Gasteiger partial charge on any atom is 0.174 e. The number of ether oxygens (including phenoxy) is 2. The average molecular weight is 258 g/mol. The van der Waals surface area contributed by atoms with E-state index >= 15 is 0 Å². The van der Waals surface area contributed by atoms with Crippen molar-refractivity contribution in [2.75, 3.05) is 14.2 Å². The van der Waals surface area contributed by atoms with Gasteiger partial charge in [-0.3, -0.25) is 4.79 Å². The summed E-state index contributed by atoms with van der Waals surface area (Å²) >= 11 is 0. The first kappa shape index (κ1) is 13.0. The highest BCUT2D eigenvalue weighted by atomic mass is 16.5. The summed E-state index contributed by atoms with van der Waals surface area (Å²) in [5.41, 5.74) is 0.496. The number of aromatic nitrogens is 2. The fourth-order valence-corrected chi connectivity index (χ4v) is 1.69. The van der Waals surface area contributed by atoms with E-state index in [2.05, 4.69) is 9.97 Å². The lowest BCUT2D eigenvalue weighted by molar-refractivity contribution is 0.0988. The number of Topliss-reactive ketones (excluding diaryl/α,β-unsaturated/α-hetero) is 1. The molecular weight excluding hydrogens is 244 g/mol. The van der Waals surface area contributed by atoms with Gasteiger partial charge in [0.25, 0.3) is 0 Å². The topological polar surface area (TPSA) is 61.3 Å². The van der Waals surface area contributed by atoms with Crippen molar-refractivity contribution >= 4 is 5.78 Å². The molecule has 1 heterocycles. The zero-order valence-electron chi connectivity index (χ0n) is 10.8. The molecule has 0 amide bonds. The first-order valence-corrected chi connectivity index (χ1v) is 5.75. The molecule has 0 radical (unpaired) electrons. The zero-order chi connectivity index (χ0) is 13.7. The number of carbonyl (C=O) groups excluding carboxylic acids is 1. The van der Waals surface area contributed by atoms with Gasteiger partial charge >= 0.3 is 0 Å². The minimum absolute atomic E-state index is 0.0919. The summed E-state index contributed by atoms with van der Waals surface area (Å²) in [4.78, 5) is 20.3. The van der Waals surface area contributed by atoms with E-state index in [1.807, 2.05) is 0 Å². The smallest absolute Gasteiger partial charge is 0.174 e. The van der Waals surface area contributed by atoms with Gasteiger partial charge in [0, 0.05) is 18.5 Å². The van der Waals surface area contributed by atoms with Crippen LogP contribution in [0.15, 0.2) is 36.7 Å². The molecule has 5 heteroatoms. The molecule has 1 aromatic carbocycles. The molecule has 98 valence electrons. The van der Waals surface area contributed by atoms with Gasteiger partial charge in [-0.05, 0) is 18.2 Å². The van der Waals surface area contributed by atoms with Crippen LogP contribution in [-0.4, -0.2) is 30.0 Å². The second kappa shape index (κ2) is 5.95. The van der Waals surface area contributed by atoms with Crippen LogP contribution in [0.5, 0.6) is 11.5 Å². The molecule has 0 saturated carbocycles. The fraction of sp³-hybridized carbons (Fsp3) is 0.214. The first-order chi connectivity index (χ1) is 9.24. The van der Waals surface area contributed by atoms with E-state index in [1.54, 1.807) is 43.8 Å². The molecular formula is C14H14N2O3. The molecule has 1 aromatic heterocycles. The lowest BCUT2D eigenvalue weighted by atomic mass is 10.1. The van der Waals surface area contributed by atoms with Crippen LogP contribution in [0.1, 0.15) is 16.2 Å². The van der Waals surface area contributed by atoms with Crippen molar-refractivity contribution in [3.63, 3.8) is 0 Å².